The Balaban J connectivity index is 3.72. The number of methoxy groups -OCH3 is 1. The number of halogens is 1. The van der Waals surface area contributed by atoms with E-state index in [1.807, 2.05) is 13.8 Å². The maximum Gasteiger partial charge on any atom is 0.226 e. The van der Waals surface area contributed by atoms with E-state index in [0.717, 1.165) is 0 Å². The molecule has 1 amide bonds. The molecule has 0 aliphatic carbocycles. The van der Waals surface area contributed by atoms with E-state index < -0.39 is 5.41 Å². The van der Waals surface area contributed by atoms with Gasteiger partial charge in [-0.2, -0.15) is 0 Å². The minimum atomic E-state index is -0.491. The van der Waals surface area contributed by atoms with Crippen molar-refractivity contribution in [3.05, 3.63) is 0 Å². The van der Waals surface area contributed by atoms with Gasteiger partial charge >= 0.3 is 0 Å². The number of carbonyl (C=O) groups is 1. The first kappa shape index (κ1) is 11.7. The molecule has 0 aromatic heterocycles. The summed E-state index contributed by atoms with van der Waals surface area (Å²) < 4.78 is 4.79. The lowest BCUT2D eigenvalue weighted by molar-refractivity contribution is -0.128. The highest BCUT2D eigenvalue weighted by atomic mass is 35.5. The minimum absolute atomic E-state index is 0.0328. The zero-order valence-corrected chi connectivity index (χ0v) is 8.57. The van der Waals surface area contributed by atoms with Gasteiger partial charge < -0.3 is 10.1 Å². The third-order valence-electron chi connectivity index (χ3n) is 1.54. The van der Waals surface area contributed by atoms with E-state index in [9.17, 15) is 4.79 Å². The van der Waals surface area contributed by atoms with Gasteiger partial charge in [-0.15, -0.1) is 11.6 Å². The van der Waals surface area contributed by atoms with Gasteiger partial charge in [0, 0.05) is 19.5 Å². The van der Waals surface area contributed by atoms with Crippen LogP contribution >= 0.6 is 11.6 Å². The molecule has 0 aromatic carbocycles. The van der Waals surface area contributed by atoms with Gasteiger partial charge in [-0.05, 0) is 13.8 Å². The van der Waals surface area contributed by atoms with E-state index >= 15 is 0 Å². The molecule has 0 aromatic rings. The van der Waals surface area contributed by atoms with Crippen LogP contribution in [0, 0.1) is 5.41 Å². The zero-order valence-electron chi connectivity index (χ0n) is 7.82. The van der Waals surface area contributed by atoms with Crippen LogP contribution in [0.25, 0.3) is 0 Å². The zero-order chi connectivity index (χ0) is 9.61. The van der Waals surface area contributed by atoms with E-state index in [1.165, 1.54) is 0 Å². The normalized spacial score (nSPS) is 11.3. The maximum atomic E-state index is 11.3. The number of nitrogens with one attached hydrogen (secondary N) is 1. The smallest absolute Gasteiger partial charge is 0.226 e. The van der Waals surface area contributed by atoms with Crippen molar-refractivity contribution in [2.75, 3.05) is 26.1 Å². The van der Waals surface area contributed by atoms with Crippen LogP contribution < -0.4 is 5.32 Å². The van der Waals surface area contributed by atoms with Crippen molar-refractivity contribution >= 4 is 17.5 Å². The van der Waals surface area contributed by atoms with E-state index in [1.54, 1.807) is 7.11 Å². The summed E-state index contributed by atoms with van der Waals surface area (Å²) in [6, 6.07) is 0. The second kappa shape index (κ2) is 5.38. The summed E-state index contributed by atoms with van der Waals surface area (Å²) in [4.78, 5) is 11.3. The number of carbonyl (C=O) groups excluding carboxylic acids is 1. The molecule has 1 N–H and O–H groups in total. The number of alkyl halides is 1. The third-order valence-corrected chi connectivity index (χ3v) is 2.21. The summed E-state index contributed by atoms with van der Waals surface area (Å²) in [6.45, 7) is 4.68. The first-order valence-electron chi connectivity index (χ1n) is 3.88. The lowest BCUT2D eigenvalue weighted by Crippen LogP contribution is -2.39. The largest absolute Gasteiger partial charge is 0.383 e. The van der Waals surface area contributed by atoms with Gasteiger partial charge in [0.15, 0.2) is 0 Å². The predicted molar refractivity (Wildman–Crippen MR) is 49.4 cm³/mol. The van der Waals surface area contributed by atoms with Gasteiger partial charge in [0.25, 0.3) is 0 Å². The molecule has 0 aliphatic rings. The Hall–Kier alpha value is -0.280. The van der Waals surface area contributed by atoms with Crippen LogP contribution in [0.2, 0.25) is 0 Å². The van der Waals surface area contributed by atoms with Crippen molar-refractivity contribution in [3.63, 3.8) is 0 Å². The first-order chi connectivity index (χ1) is 5.54. The molecule has 72 valence electrons. The first-order valence-corrected chi connectivity index (χ1v) is 4.41. The molecule has 0 heterocycles. The summed E-state index contributed by atoms with van der Waals surface area (Å²) >= 11 is 5.61. The van der Waals surface area contributed by atoms with Gasteiger partial charge in [-0.1, -0.05) is 0 Å². The van der Waals surface area contributed by atoms with Crippen LogP contribution in [0.15, 0.2) is 0 Å². The van der Waals surface area contributed by atoms with Crippen molar-refractivity contribution in [2.24, 2.45) is 5.41 Å². The van der Waals surface area contributed by atoms with Crippen molar-refractivity contribution in [1.82, 2.24) is 5.32 Å². The molecule has 0 spiro atoms. The molecule has 4 heteroatoms. The van der Waals surface area contributed by atoms with Crippen LogP contribution in [0.4, 0.5) is 0 Å². The Labute approximate surface area is 78.4 Å². The number of amides is 1. The number of ether oxygens (including phenoxy) is 1. The topological polar surface area (TPSA) is 38.3 Å². The number of rotatable bonds is 5. The van der Waals surface area contributed by atoms with Gasteiger partial charge in [-0.25, -0.2) is 0 Å². The fourth-order valence-electron chi connectivity index (χ4n) is 0.567. The fourth-order valence-corrected chi connectivity index (χ4v) is 0.688. The molecule has 0 atom stereocenters. The molecular weight excluding hydrogens is 178 g/mol. The monoisotopic (exact) mass is 193 g/mol. The SMILES string of the molecule is COCCNC(=O)C(C)(C)CCl. The van der Waals surface area contributed by atoms with E-state index in [4.69, 9.17) is 16.3 Å². The molecule has 0 radical (unpaired) electrons. The van der Waals surface area contributed by atoms with Gasteiger partial charge in [0.05, 0.1) is 12.0 Å². The Morgan fingerprint density at radius 2 is 2.17 bits per heavy atom. The fraction of sp³-hybridized carbons (Fsp3) is 0.875. The molecule has 0 aliphatic heterocycles. The second-order valence-corrected chi connectivity index (χ2v) is 3.53. The predicted octanol–water partition coefficient (Wildman–Crippen LogP) is 1.01. The van der Waals surface area contributed by atoms with Crippen LogP contribution in [0.5, 0.6) is 0 Å². The van der Waals surface area contributed by atoms with Gasteiger partial charge in [0.1, 0.15) is 0 Å². The molecule has 0 unspecified atom stereocenters. The average molecular weight is 194 g/mol. The van der Waals surface area contributed by atoms with Crippen LogP contribution in [0.1, 0.15) is 13.8 Å². The van der Waals surface area contributed by atoms with Gasteiger partial charge in [0.2, 0.25) is 5.91 Å². The van der Waals surface area contributed by atoms with Crippen LogP contribution in [-0.4, -0.2) is 32.0 Å². The van der Waals surface area contributed by atoms with Crippen LogP contribution in [-0.2, 0) is 9.53 Å². The standard InChI is InChI=1S/C8H16ClNO2/c1-8(2,6-9)7(11)10-4-5-12-3/h4-6H2,1-3H3,(H,10,11). The lowest BCUT2D eigenvalue weighted by Gasteiger charge is -2.19. The Kier molecular flexibility index (Phi) is 5.25. The average Bonchev–Trinajstić information content (AvgIpc) is 2.05. The van der Waals surface area contributed by atoms with Crippen molar-refractivity contribution in [3.8, 4) is 0 Å². The summed E-state index contributed by atoms with van der Waals surface area (Å²) in [5.74, 6) is 0.292. The van der Waals surface area contributed by atoms with Gasteiger partial charge in [-0.3, -0.25) is 4.79 Å². The summed E-state index contributed by atoms with van der Waals surface area (Å²) in [5, 5.41) is 2.73. The minimum Gasteiger partial charge on any atom is -0.383 e. The highest BCUT2D eigenvalue weighted by Gasteiger charge is 2.25. The molecular formula is C8H16ClNO2. The van der Waals surface area contributed by atoms with Crippen molar-refractivity contribution in [1.29, 1.82) is 0 Å². The molecule has 0 fully saturated rings. The molecule has 0 saturated carbocycles. The van der Waals surface area contributed by atoms with Crippen molar-refractivity contribution < 1.29 is 9.53 Å². The molecule has 12 heavy (non-hydrogen) atoms. The van der Waals surface area contributed by atoms with Crippen LogP contribution in [0.3, 0.4) is 0 Å². The summed E-state index contributed by atoms with van der Waals surface area (Å²) in [7, 11) is 1.60. The molecule has 0 saturated heterocycles. The third kappa shape index (κ3) is 3.93. The molecule has 0 rings (SSSR count). The Morgan fingerprint density at radius 3 is 2.58 bits per heavy atom. The van der Waals surface area contributed by atoms with E-state index in [2.05, 4.69) is 5.32 Å². The molecule has 0 bridgehead atoms. The maximum absolute atomic E-state index is 11.3. The highest BCUT2D eigenvalue weighted by Crippen LogP contribution is 2.16. The summed E-state index contributed by atoms with van der Waals surface area (Å²) in [6.07, 6.45) is 0. The van der Waals surface area contributed by atoms with E-state index in [-0.39, 0.29) is 5.91 Å². The summed E-state index contributed by atoms with van der Waals surface area (Å²) in [5.41, 5.74) is -0.491. The second-order valence-electron chi connectivity index (χ2n) is 3.27. The Bertz CT molecular complexity index is 148. The Morgan fingerprint density at radius 1 is 1.58 bits per heavy atom. The number of hydrogen-bond donors (Lipinski definition) is 1. The molecule has 3 nitrogen and oxygen atoms in total. The highest BCUT2D eigenvalue weighted by molar-refractivity contribution is 6.19. The van der Waals surface area contributed by atoms with E-state index in [0.29, 0.717) is 19.0 Å². The number of hydrogen-bond acceptors (Lipinski definition) is 2. The quantitative estimate of drug-likeness (QED) is 0.523. The lowest BCUT2D eigenvalue weighted by atomic mass is 9.95. The van der Waals surface area contributed by atoms with Crippen molar-refractivity contribution in [2.45, 2.75) is 13.8 Å².